The van der Waals surface area contributed by atoms with Crippen LogP contribution in [0, 0.1) is 0 Å². The summed E-state index contributed by atoms with van der Waals surface area (Å²) in [5.74, 6) is 0.0722. The van der Waals surface area contributed by atoms with E-state index < -0.39 is 0 Å². The van der Waals surface area contributed by atoms with Gasteiger partial charge in [0.05, 0.1) is 11.3 Å². The van der Waals surface area contributed by atoms with Gasteiger partial charge < -0.3 is 10.2 Å². The molecule has 4 heteroatoms. The molecule has 2 rings (SSSR count). The van der Waals surface area contributed by atoms with Gasteiger partial charge >= 0.3 is 0 Å². The minimum Gasteiger partial charge on any atom is -0.507 e. The summed E-state index contributed by atoms with van der Waals surface area (Å²) in [6, 6.07) is 6.68. The quantitative estimate of drug-likeness (QED) is 0.814. The summed E-state index contributed by atoms with van der Waals surface area (Å²) in [5, 5.41) is 23.7. The number of hydrogen-bond donors (Lipinski definition) is 2. The van der Waals surface area contributed by atoms with Crippen molar-refractivity contribution in [1.29, 1.82) is 0 Å². The number of rotatable bonds is 2. The summed E-state index contributed by atoms with van der Waals surface area (Å²) in [5.41, 5.74) is 0.950. The number of phenolic OH excluding ortho intramolecular Hbond substituents is 2. The Balaban J connectivity index is 2.50. The fourth-order valence-electron chi connectivity index (χ4n) is 1.55. The number of phenols is 2. The minimum absolute atomic E-state index is 0.0361. The lowest BCUT2D eigenvalue weighted by Crippen LogP contribution is -2.00. The molecule has 0 radical (unpaired) electrons. The third-order valence-electron chi connectivity index (χ3n) is 2.41. The lowest BCUT2D eigenvalue weighted by molar-refractivity contribution is 0.453. The molecule has 2 N–H and O–H groups in total. The zero-order chi connectivity index (χ0) is 11.7. The number of nitrogens with zero attached hydrogens (tertiary/aromatic N) is 2. The molecular weight excluding hydrogens is 204 g/mol. The molecule has 16 heavy (non-hydrogen) atoms. The highest BCUT2D eigenvalue weighted by Crippen LogP contribution is 2.35. The van der Waals surface area contributed by atoms with Crippen molar-refractivity contribution in [2.75, 3.05) is 0 Å². The second-order valence-electron chi connectivity index (χ2n) is 3.95. The summed E-state index contributed by atoms with van der Waals surface area (Å²) < 4.78 is 1.78. The Morgan fingerprint density at radius 2 is 1.75 bits per heavy atom. The van der Waals surface area contributed by atoms with Crippen LogP contribution in [0.15, 0.2) is 30.5 Å². The number of hydrogen-bond acceptors (Lipinski definition) is 3. The molecular formula is C12H14N2O2. The van der Waals surface area contributed by atoms with Crippen molar-refractivity contribution in [2.45, 2.75) is 19.9 Å². The van der Waals surface area contributed by atoms with E-state index in [4.69, 9.17) is 0 Å². The highest BCUT2D eigenvalue weighted by Gasteiger charge is 2.12. The first-order chi connectivity index (χ1) is 7.59. The van der Waals surface area contributed by atoms with Crippen LogP contribution in [0.2, 0.25) is 0 Å². The number of benzene rings is 1. The Labute approximate surface area is 93.8 Å². The summed E-state index contributed by atoms with van der Waals surface area (Å²) >= 11 is 0. The Bertz CT molecular complexity index is 483. The van der Waals surface area contributed by atoms with E-state index in [2.05, 4.69) is 5.10 Å². The Morgan fingerprint density at radius 1 is 1.12 bits per heavy atom. The van der Waals surface area contributed by atoms with Crippen LogP contribution in [-0.2, 0) is 0 Å². The predicted octanol–water partition coefficient (Wildman–Crippen LogP) is 2.54. The maximum Gasteiger partial charge on any atom is 0.128 e. The van der Waals surface area contributed by atoms with Crippen molar-refractivity contribution in [2.24, 2.45) is 0 Å². The Morgan fingerprint density at radius 3 is 2.25 bits per heavy atom. The molecule has 2 aromatic rings. The van der Waals surface area contributed by atoms with E-state index in [1.807, 2.05) is 20.0 Å². The normalized spacial score (nSPS) is 10.9. The van der Waals surface area contributed by atoms with Crippen LogP contribution in [0.25, 0.3) is 11.3 Å². The lowest BCUT2D eigenvalue weighted by atomic mass is 10.1. The highest BCUT2D eigenvalue weighted by atomic mass is 16.3. The minimum atomic E-state index is 0.0361. The first-order valence-electron chi connectivity index (χ1n) is 5.16. The van der Waals surface area contributed by atoms with Crippen molar-refractivity contribution in [3.8, 4) is 22.8 Å². The molecule has 0 saturated carbocycles. The zero-order valence-corrected chi connectivity index (χ0v) is 9.25. The van der Waals surface area contributed by atoms with Crippen molar-refractivity contribution in [1.82, 2.24) is 9.78 Å². The standard InChI is InChI=1S/C12H14N2O2/c1-8(2)14-7-6-9(13-14)12-10(15)4-3-5-11(12)16/h3-8,15-16H,1-2H3. The van der Waals surface area contributed by atoms with Crippen molar-refractivity contribution in [3.63, 3.8) is 0 Å². The second kappa shape index (κ2) is 3.89. The lowest BCUT2D eigenvalue weighted by Gasteiger charge is -2.05. The molecule has 4 nitrogen and oxygen atoms in total. The third-order valence-corrected chi connectivity index (χ3v) is 2.41. The molecule has 0 saturated heterocycles. The van der Waals surface area contributed by atoms with Gasteiger partial charge in [0.15, 0.2) is 0 Å². The molecule has 0 aliphatic heterocycles. The first-order valence-corrected chi connectivity index (χ1v) is 5.16. The summed E-state index contributed by atoms with van der Waals surface area (Å²) in [6.07, 6.45) is 1.83. The number of aromatic hydroxyl groups is 2. The monoisotopic (exact) mass is 218 g/mol. The molecule has 1 heterocycles. The van der Waals surface area contributed by atoms with Gasteiger partial charge in [0.25, 0.3) is 0 Å². The van der Waals surface area contributed by atoms with E-state index in [9.17, 15) is 10.2 Å². The fourth-order valence-corrected chi connectivity index (χ4v) is 1.55. The van der Waals surface area contributed by atoms with Crippen LogP contribution >= 0.6 is 0 Å². The van der Waals surface area contributed by atoms with E-state index in [1.165, 1.54) is 12.1 Å². The van der Waals surface area contributed by atoms with Gasteiger partial charge in [0.1, 0.15) is 11.5 Å². The maximum absolute atomic E-state index is 9.68. The summed E-state index contributed by atoms with van der Waals surface area (Å²) in [6.45, 7) is 4.03. The van der Waals surface area contributed by atoms with E-state index in [-0.39, 0.29) is 17.5 Å². The van der Waals surface area contributed by atoms with E-state index in [0.29, 0.717) is 11.3 Å². The molecule has 0 unspecified atom stereocenters. The average molecular weight is 218 g/mol. The molecule has 0 amide bonds. The maximum atomic E-state index is 9.68. The topological polar surface area (TPSA) is 58.3 Å². The van der Waals surface area contributed by atoms with Gasteiger partial charge in [-0.15, -0.1) is 0 Å². The zero-order valence-electron chi connectivity index (χ0n) is 9.25. The van der Waals surface area contributed by atoms with Gasteiger partial charge in [0, 0.05) is 12.2 Å². The average Bonchev–Trinajstić information content (AvgIpc) is 2.66. The number of aromatic nitrogens is 2. The van der Waals surface area contributed by atoms with E-state index >= 15 is 0 Å². The van der Waals surface area contributed by atoms with Crippen molar-refractivity contribution in [3.05, 3.63) is 30.5 Å². The fraction of sp³-hybridized carbons (Fsp3) is 0.250. The van der Waals surface area contributed by atoms with Crippen molar-refractivity contribution < 1.29 is 10.2 Å². The predicted molar refractivity (Wildman–Crippen MR) is 61.4 cm³/mol. The Kier molecular flexibility index (Phi) is 2.56. The molecule has 0 aliphatic carbocycles. The van der Waals surface area contributed by atoms with Gasteiger partial charge in [-0.05, 0) is 32.0 Å². The molecule has 1 aromatic carbocycles. The first kappa shape index (κ1) is 10.5. The van der Waals surface area contributed by atoms with Gasteiger partial charge in [-0.1, -0.05) is 6.07 Å². The summed E-state index contributed by atoms with van der Waals surface area (Å²) in [4.78, 5) is 0. The summed E-state index contributed by atoms with van der Waals surface area (Å²) in [7, 11) is 0. The third kappa shape index (κ3) is 1.74. The van der Waals surface area contributed by atoms with Crippen LogP contribution < -0.4 is 0 Å². The molecule has 0 fully saturated rings. The smallest absolute Gasteiger partial charge is 0.128 e. The van der Waals surface area contributed by atoms with Crippen LogP contribution in [0.4, 0.5) is 0 Å². The van der Waals surface area contributed by atoms with Crippen LogP contribution in [-0.4, -0.2) is 20.0 Å². The largest absolute Gasteiger partial charge is 0.507 e. The molecule has 84 valence electrons. The molecule has 0 atom stereocenters. The second-order valence-corrected chi connectivity index (χ2v) is 3.95. The van der Waals surface area contributed by atoms with E-state index in [1.54, 1.807) is 16.8 Å². The van der Waals surface area contributed by atoms with Gasteiger partial charge in [-0.2, -0.15) is 5.10 Å². The molecule has 1 aromatic heterocycles. The van der Waals surface area contributed by atoms with Gasteiger partial charge in [0.2, 0.25) is 0 Å². The van der Waals surface area contributed by atoms with E-state index in [0.717, 1.165) is 0 Å². The van der Waals surface area contributed by atoms with Gasteiger partial charge in [-0.3, -0.25) is 4.68 Å². The van der Waals surface area contributed by atoms with Gasteiger partial charge in [-0.25, -0.2) is 0 Å². The van der Waals surface area contributed by atoms with Crippen molar-refractivity contribution >= 4 is 0 Å². The Hall–Kier alpha value is -1.97. The van der Waals surface area contributed by atoms with Crippen LogP contribution in [0.1, 0.15) is 19.9 Å². The molecule has 0 aliphatic rings. The molecule has 0 bridgehead atoms. The highest BCUT2D eigenvalue weighted by molar-refractivity contribution is 5.73. The SMILES string of the molecule is CC(C)n1ccc(-c2c(O)cccc2O)n1. The van der Waals surface area contributed by atoms with Crippen LogP contribution in [0.3, 0.4) is 0 Å². The molecule has 0 spiro atoms. The van der Waals surface area contributed by atoms with Crippen LogP contribution in [0.5, 0.6) is 11.5 Å².